The van der Waals surface area contributed by atoms with Crippen LogP contribution in [0.15, 0.2) is 12.1 Å². The first-order valence-corrected chi connectivity index (χ1v) is 7.43. The van der Waals surface area contributed by atoms with Crippen molar-refractivity contribution in [2.75, 3.05) is 19.6 Å². The van der Waals surface area contributed by atoms with Crippen molar-refractivity contribution >= 4 is 11.3 Å². The maximum atomic E-state index is 3.68. The second-order valence-corrected chi connectivity index (χ2v) is 6.04. The molecule has 0 saturated carbocycles. The van der Waals surface area contributed by atoms with Gasteiger partial charge in [-0.1, -0.05) is 13.8 Å². The molecule has 2 unspecified atom stereocenters. The van der Waals surface area contributed by atoms with E-state index in [9.17, 15) is 0 Å². The van der Waals surface area contributed by atoms with Crippen LogP contribution in [-0.2, 0) is 0 Å². The largest absolute Gasteiger partial charge is 0.306 e. The Balaban J connectivity index is 2.42. The third kappa shape index (κ3) is 4.78. The first kappa shape index (κ1) is 14.7. The molecule has 1 aromatic rings. The molecule has 1 N–H and O–H groups in total. The van der Waals surface area contributed by atoms with Gasteiger partial charge >= 0.3 is 0 Å². The van der Waals surface area contributed by atoms with Crippen LogP contribution in [0.1, 0.15) is 43.5 Å². The summed E-state index contributed by atoms with van der Waals surface area (Å²) < 4.78 is 0. The topological polar surface area (TPSA) is 15.3 Å². The van der Waals surface area contributed by atoms with Crippen molar-refractivity contribution in [1.29, 1.82) is 0 Å². The average molecular weight is 254 g/mol. The van der Waals surface area contributed by atoms with Crippen LogP contribution in [0.25, 0.3) is 0 Å². The van der Waals surface area contributed by atoms with Crippen LogP contribution in [0.2, 0.25) is 0 Å². The predicted molar refractivity (Wildman–Crippen MR) is 77.9 cm³/mol. The fourth-order valence-electron chi connectivity index (χ4n) is 2.12. The van der Waals surface area contributed by atoms with Crippen LogP contribution in [-0.4, -0.2) is 30.6 Å². The predicted octanol–water partition coefficient (Wildman–Crippen LogP) is 3.44. The van der Waals surface area contributed by atoms with Crippen LogP contribution >= 0.6 is 11.3 Å². The third-order valence-electron chi connectivity index (χ3n) is 3.15. The molecule has 0 saturated heterocycles. The Morgan fingerprint density at radius 3 is 2.35 bits per heavy atom. The molecule has 0 spiro atoms. The van der Waals surface area contributed by atoms with E-state index >= 15 is 0 Å². The first-order chi connectivity index (χ1) is 8.06. The van der Waals surface area contributed by atoms with Crippen LogP contribution in [0, 0.1) is 6.92 Å². The molecule has 1 rings (SSSR count). The van der Waals surface area contributed by atoms with E-state index in [2.05, 4.69) is 57.0 Å². The molecule has 0 bridgehead atoms. The van der Waals surface area contributed by atoms with Gasteiger partial charge in [-0.3, -0.25) is 0 Å². The molecule has 0 aromatic carbocycles. The minimum atomic E-state index is 0.458. The van der Waals surface area contributed by atoms with Gasteiger partial charge in [0.15, 0.2) is 0 Å². The number of nitrogens with zero attached hydrogens (tertiary/aromatic N) is 1. The lowest BCUT2D eigenvalue weighted by Gasteiger charge is -2.25. The molecule has 0 fully saturated rings. The fraction of sp³-hybridized carbons (Fsp3) is 0.714. The number of nitrogens with one attached hydrogen (secondary N) is 1. The molecular weight excluding hydrogens is 228 g/mol. The van der Waals surface area contributed by atoms with Crippen molar-refractivity contribution in [2.24, 2.45) is 0 Å². The van der Waals surface area contributed by atoms with Gasteiger partial charge in [-0.25, -0.2) is 0 Å². The van der Waals surface area contributed by atoms with E-state index in [1.165, 1.54) is 9.75 Å². The van der Waals surface area contributed by atoms with Gasteiger partial charge in [-0.2, -0.15) is 0 Å². The molecule has 98 valence electrons. The van der Waals surface area contributed by atoms with Gasteiger partial charge in [0.1, 0.15) is 0 Å². The molecule has 1 heterocycles. The SMILES string of the molecule is CCN(CC)CC(C)NC(C)c1ccc(C)s1. The zero-order valence-electron chi connectivity index (χ0n) is 11.8. The Hall–Kier alpha value is -0.380. The standard InChI is InChI=1S/C14H26N2S/c1-6-16(7-2)10-11(3)15-13(5)14-9-8-12(4)17-14/h8-9,11,13,15H,6-7,10H2,1-5H3. The Labute approximate surface area is 110 Å². The Bertz CT molecular complexity index is 318. The van der Waals surface area contributed by atoms with E-state index in [4.69, 9.17) is 0 Å². The average Bonchev–Trinajstić information content (AvgIpc) is 2.72. The molecule has 2 nitrogen and oxygen atoms in total. The van der Waals surface area contributed by atoms with Crippen molar-refractivity contribution in [3.8, 4) is 0 Å². The highest BCUT2D eigenvalue weighted by molar-refractivity contribution is 7.12. The van der Waals surface area contributed by atoms with Gasteiger partial charge in [0.2, 0.25) is 0 Å². The van der Waals surface area contributed by atoms with Crippen LogP contribution in [0.3, 0.4) is 0 Å². The second kappa shape index (κ2) is 7.14. The van der Waals surface area contributed by atoms with Crippen molar-refractivity contribution in [2.45, 2.75) is 46.7 Å². The molecule has 2 atom stereocenters. The summed E-state index contributed by atoms with van der Waals surface area (Å²) in [6, 6.07) is 5.43. The van der Waals surface area contributed by atoms with Gasteiger partial charge in [-0.05, 0) is 46.0 Å². The van der Waals surface area contributed by atoms with Crippen molar-refractivity contribution in [1.82, 2.24) is 10.2 Å². The second-order valence-electron chi connectivity index (χ2n) is 4.72. The molecule has 0 amide bonds. The molecule has 3 heteroatoms. The summed E-state index contributed by atoms with van der Waals surface area (Å²) >= 11 is 1.89. The van der Waals surface area contributed by atoms with Gasteiger partial charge < -0.3 is 10.2 Å². The zero-order chi connectivity index (χ0) is 12.8. The normalized spacial score (nSPS) is 15.2. The maximum Gasteiger partial charge on any atom is 0.0388 e. The quantitative estimate of drug-likeness (QED) is 0.802. The number of rotatable bonds is 7. The molecule has 0 radical (unpaired) electrons. The summed E-state index contributed by atoms with van der Waals surface area (Å²) in [4.78, 5) is 5.29. The van der Waals surface area contributed by atoms with Crippen molar-refractivity contribution in [3.05, 3.63) is 21.9 Å². The Morgan fingerprint density at radius 2 is 1.88 bits per heavy atom. The van der Waals surface area contributed by atoms with Gasteiger partial charge in [-0.15, -0.1) is 11.3 Å². The van der Waals surface area contributed by atoms with Crippen molar-refractivity contribution < 1.29 is 0 Å². The smallest absolute Gasteiger partial charge is 0.0388 e. The molecule has 0 aliphatic heterocycles. The lowest BCUT2D eigenvalue weighted by molar-refractivity contribution is 0.264. The monoisotopic (exact) mass is 254 g/mol. The number of thiophene rings is 1. The number of hydrogen-bond donors (Lipinski definition) is 1. The van der Waals surface area contributed by atoms with E-state index in [0.717, 1.165) is 19.6 Å². The molecule has 1 aromatic heterocycles. The van der Waals surface area contributed by atoms with Crippen LogP contribution < -0.4 is 5.32 Å². The summed E-state index contributed by atoms with van der Waals surface area (Å²) in [7, 11) is 0. The minimum absolute atomic E-state index is 0.458. The number of hydrogen-bond acceptors (Lipinski definition) is 3. The lowest BCUT2D eigenvalue weighted by atomic mass is 10.2. The summed E-state index contributed by atoms with van der Waals surface area (Å²) in [5.74, 6) is 0. The Kier molecular flexibility index (Phi) is 6.17. The highest BCUT2D eigenvalue weighted by atomic mass is 32.1. The van der Waals surface area contributed by atoms with E-state index in [-0.39, 0.29) is 0 Å². The molecule has 0 aliphatic rings. The molecular formula is C14H26N2S. The Morgan fingerprint density at radius 1 is 1.24 bits per heavy atom. The lowest BCUT2D eigenvalue weighted by Crippen LogP contribution is -2.40. The summed E-state index contributed by atoms with van der Waals surface area (Å²) in [5.41, 5.74) is 0. The van der Waals surface area contributed by atoms with Gasteiger partial charge in [0.25, 0.3) is 0 Å². The van der Waals surface area contributed by atoms with Gasteiger partial charge in [0, 0.05) is 28.4 Å². The number of likely N-dealkylation sites (N-methyl/N-ethyl adjacent to an activating group) is 1. The van der Waals surface area contributed by atoms with Crippen LogP contribution in [0.5, 0.6) is 0 Å². The third-order valence-corrected chi connectivity index (χ3v) is 4.33. The van der Waals surface area contributed by atoms with E-state index in [0.29, 0.717) is 12.1 Å². The van der Waals surface area contributed by atoms with E-state index < -0.39 is 0 Å². The van der Waals surface area contributed by atoms with Crippen LogP contribution in [0.4, 0.5) is 0 Å². The maximum absolute atomic E-state index is 3.68. The highest BCUT2D eigenvalue weighted by Crippen LogP contribution is 2.22. The first-order valence-electron chi connectivity index (χ1n) is 6.61. The highest BCUT2D eigenvalue weighted by Gasteiger charge is 2.12. The minimum Gasteiger partial charge on any atom is -0.306 e. The van der Waals surface area contributed by atoms with E-state index in [1.54, 1.807) is 0 Å². The van der Waals surface area contributed by atoms with Crippen molar-refractivity contribution in [3.63, 3.8) is 0 Å². The molecule has 17 heavy (non-hydrogen) atoms. The number of aryl methyl sites for hydroxylation is 1. The summed E-state index contributed by atoms with van der Waals surface area (Å²) in [6.07, 6.45) is 0. The summed E-state index contributed by atoms with van der Waals surface area (Å²) in [6.45, 7) is 14.5. The zero-order valence-corrected chi connectivity index (χ0v) is 12.6. The van der Waals surface area contributed by atoms with E-state index in [1.807, 2.05) is 11.3 Å². The summed E-state index contributed by atoms with van der Waals surface area (Å²) in [5, 5.41) is 3.68. The van der Waals surface area contributed by atoms with Gasteiger partial charge in [0.05, 0.1) is 0 Å². The molecule has 0 aliphatic carbocycles. The fourth-order valence-corrected chi connectivity index (χ4v) is 3.01.